The Hall–Kier alpha value is -2.67. The van der Waals surface area contributed by atoms with Gasteiger partial charge in [0.15, 0.2) is 5.78 Å². The molecule has 1 atom stereocenters. The van der Waals surface area contributed by atoms with Crippen LogP contribution in [0.25, 0.3) is 11.1 Å². The molecule has 0 amide bonds. The van der Waals surface area contributed by atoms with Gasteiger partial charge in [0.05, 0.1) is 0 Å². The van der Waals surface area contributed by atoms with E-state index in [-0.39, 0.29) is 5.78 Å². The second-order valence-corrected chi connectivity index (χ2v) is 6.92. The average molecular weight is 342 g/mol. The Kier molecular flexibility index (Phi) is 6.01. The van der Waals surface area contributed by atoms with Crippen LogP contribution in [0.15, 0.2) is 78.9 Å². The van der Waals surface area contributed by atoms with Crippen LogP contribution in [0.5, 0.6) is 0 Å². The predicted octanol–water partition coefficient (Wildman–Crippen LogP) is 6.68. The fourth-order valence-corrected chi connectivity index (χ4v) is 3.17. The minimum Gasteiger partial charge on any atom is -0.294 e. The zero-order valence-electron chi connectivity index (χ0n) is 15.6. The Morgan fingerprint density at radius 3 is 2.23 bits per heavy atom. The molecule has 0 saturated carbocycles. The van der Waals surface area contributed by atoms with Gasteiger partial charge in [0.1, 0.15) is 0 Å². The molecule has 3 rings (SSSR count). The van der Waals surface area contributed by atoms with Gasteiger partial charge in [-0.25, -0.2) is 0 Å². The van der Waals surface area contributed by atoms with Crippen molar-refractivity contribution in [2.24, 2.45) is 0 Å². The van der Waals surface area contributed by atoms with Gasteiger partial charge in [-0.2, -0.15) is 0 Å². The first-order chi connectivity index (χ1) is 12.7. The molecule has 0 fully saturated rings. The summed E-state index contributed by atoms with van der Waals surface area (Å²) >= 11 is 0. The van der Waals surface area contributed by atoms with Gasteiger partial charge in [-0.15, -0.1) is 0 Å². The molecule has 3 aromatic carbocycles. The number of carbonyl (C=O) groups excluding carboxylic acids is 1. The molecule has 0 aromatic heterocycles. The van der Waals surface area contributed by atoms with Crippen LogP contribution in [-0.2, 0) is 6.42 Å². The van der Waals surface area contributed by atoms with Crippen molar-refractivity contribution in [1.82, 2.24) is 0 Å². The molecule has 0 aliphatic rings. The number of ketones is 1. The number of carbonyl (C=O) groups is 1. The van der Waals surface area contributed by atoms with Crippen molar-refractivity contribution >= 4 is 5.78 Å². The molecule has 0 bridgehead atoms. The van der Waals surface area contributed by atoms with Gasteiger partial charge in [-0.1, -0.05) is 92.7 Å². The van der Waals surface area contributed by atoms with E-state index in [9.17, 15) is 4.79 Å². The van der Waals surface area contributed by atoms with Crippen molar-refractivity contribution in [2.75, 3.05) is 0 Å². The molecular formula is C25H26O. The highest BCUT2D eigenvalue weighted by molar-refractivity contribution is 5.96. The zero-order valence-corrected chi connectivity index (χ0v) is 15.6. The third-order valence-corrected chi connectivity index (χ3v) is 5.09. The van der Waals surface area contributed by atoms with Gasteiger partial charge >= 0.3 is 0 Å². The van der Waals surface area contributed by atoms with Crippen molar-refractivity contribution in [3.8, 4) is 11.1 Å². The van der Waals surface area contributed by atoms with Crippen molar-refractivity contribution in [2.45, 2.75) is 39.0 Å². The lowest BCUT2D eigenvalue weighted by molar-refractivity contribution is 0.0983. The molecule has 26 heavy (non-hydrogen) atoms. The molecule has 0 N–H and O–H groups in total. The maximum absolute atomic E-state index is 12.5. The number of Topliss-reactive ketones (excluding diaryl/α,β-unsaturated/α-hetero) is 1. The molecule has 3 aromatic rings. The van der Waals surface area contributed by atoms with Crippen LogP contribution in [0.1, 0.15) is 54.1 Å². The van der Waals surface area contributed by atoms with E-state index in [0.717, 1.165) is 24.0 Å². The number of hydrogen-bond donors (Lipinski definition) is 0. The minimum absolute atomic E-state index is 0.207. The third-order valence-electron chi connectivity index (χ3n) is 5.09. The summed E-state index contributed by atoms with van der Waals surface area (Å²) in [5.74, 6) is 0.773. The van der Waals surface area contributed by atoms with Crippen LogP contribution in [0.4, 0.5) is 0 Å². The van der Waals surface area contributed by atoms with Crippen LogP contribution in [0, 0.1) is 0 Å². The first-order valence-corrected chi connectivity index (χ1v) is 9.45. The molecule has 1 heteroatoms. The largest absolute Gasteiger partial charge is 0.294 e. The van der Waals surface area contributed by atoms with E-state index in [1.807, 2.05) is 42.5 Å². The van der Waals surface area contributed by atoms with Gasteiger partial charge in [0, 0.05) is 12.0 Å². The summed E-state index contributed by atoms with van der Waals surface area (Å²) in [5.41, 5.74) is 5.72. The quantitative estimate of drug-likeness (QED) is 0.437. The summed E-state index contributed by atoms with van der Waals surface area (Å²) in [5, 5.41) is 0. The lowest BCUT2D eigenvalue weighted by Gasteiger charge is -2.10. The van der Waals surface area contributed by atoms with E-state index in [0.29, 0.717) is 12.3 Å². The van der Waals surface area contributed by atoms with Crippen LogP contribution in [0.2, 0.25) is 0 Å². The Labute approximate surface area is 156 Å². The monoisotopic (exact) mass is 342 g/mol. The number of hydrogen-bond acceptors (Lipinski definition) is 1. The number of benzene rings is 3. The van der Waals surface area contributed by atoms with Gasteiger partial charge in [0.25, 0.3) is 0 Å². The normalized spacial score (nSPS) is 11.9. The molecule has 0 radical (unpaired) electrons. The molecule has 132 valence electrons. The summed E-state index contributed by atoms with van der Waals surface area (Å²) in [4.78, 5) is 12.5. The smallest absolute Gasteiger partial charge is 0.163 e. The molecule has 0 heterocycles. The number of rotatable bonds is 7. The Balaban J connectivity index is 1.63. The summed E-state index contributed by atoms with van der Waals surface area (Å²) in [7, 11) is 0. The minimum atomic E-state index is 0.207. The van der Waals surface area contributed by atoms with Gasteiger partial charge < -0.3 is 0 Å². The van der Waals surface area contributed by atoms with Crippen LogP contribution in [0.3, 0.4) is 0 Å². The van der Waals surface area contributed by atoms with Crippen molar-refractivity contribution in [1.29, 1.82) is 0 Å². The lowest BCUT2D eigenvalue weighted by atomic mass is 9.94. The average Bonchev–Trinajstić information content (AvgIpc) is 2.72. The summed E-state index contributed by atoms with van der Waals surface area (Å²) in [6.45, 7) is 4.46. The fourth-order valence-electron chi connectivity index (χ4n) is 3.17. The molecule has 0 spiro atoms. The standard InChI is InChI=1S/C25H26O/c1-3-19(2)24-11-7-8-20(18-24)12-17-25(26)23-15-13-22(14-16-23)21-9-5-4-6-10-21/h4-11,13-16,18-19H,3,12,17H2,1-2H3. The Bertz CT molecular complexity index is 847. The Morgan fingerprint density at radius 1 is 0.846 bits per heavy atom. The highest BCUT2D eigenvalue weighted by Crippen LogP contribution is 2.22. The second-order valence-electron chi connectivity index (χ2n) is 6.92. The Morgan fingerprint density at radius 2 is 1.54 bits per heavy atom. The predicted molar refractivity (Wildman–Crippen MR) is 110 cm³/mol. The van der Waals surface area contributed by atoms with Crippen LogP contribution < -0.4 is 0 Å². The highest BCUT2D eigenvalue weighted by atomic mass is 16.1. The first-order valence-electron chi connectivity index (χ1n) is 9.45. The highest BCUT2D eigenvalue weighted by Gasteiger charge is 2.08. The van der Waals surface area contributed by atoms with E-state index in [2.05, 4.69) is 50.2 Å². The first kappa shape index (κ1) is 18.1. The van der Waals surface area contributed by atoms with Crippen LogP contribution in [-0.4, -0.2) is 5.78 Å². The van der Waals surface area contributed by atoms with Gasteiger partial charge in [-0.05, 0) is 41.0 Å². The molecule has 0 aliphatic heterocycles. The molecular weight excluding hydrogens is 316 g/mol. The van der Waals surface area contributed by atoms with E-state index in [4.69, 9.17) is 0 Å². The lowest BCUT2D eigenvalue weighted by Crippen LogP contribution is -2.02. The summed E-state index contributed by atoms with van der Waals surface area (Å²) in [6, 6.07) is 26.9. The van der Waals surface area contributed by atoms with E-state index < -0.39 is 0 Å². The SMILES string of the molecule is CCC(C)c1cccc(CCC(=O)c2ccc(-c3ccccc3)cc2)c1. The maximum Gasteiger partial charge on any atom is 0.163 e. The van der Waals surface area contributed by atoms with E-state index in [1.54, 1.807) is 0 Å². The van der Waals surface area contributed by atoms with E-state index in [1.165, 1.54) is 16.7 Å². The molecule has 1 nitrogen and oxygen atoms in total. The molecule has 0 aliphatic carbocycles. The van der Waals surface area contributed by atoms with E-state index >= 15 is 0 Å². The molecule has 1 unspecified atom stereocenters. The number of aryl methyl sites for hydroxylation is 1. The summed E-state index contributed by atoms with van der Waals surface area (Å²) < 4.78 is 0. The van der Waals surface area contributed by atoms with Crippen molar-refractivity contribution < 1.29 is 4.79 Å². The molecule has 0 saturated heterocycles. The topological polar surface area (TPSA) is 17.1 Å². The van der Waals surface area contributed by atoms with Crippen molar-refractivity contribution in [3.05, 3.63) is 95.6 Å². The fraction of sp³-hybridized carbons (Fsp3) is 0.240. The third kappa shape index (κ3) is 4.49. The van der Waals surface area contributed by atoms with Gasteiger partial charge in [0.2, 0.25) is 0 Å². The van der Waals surface area contributed by atoms with Crippen LogP contribution >= 0.6 is 0 Å². The summed E-state index contributed by atoms with van der Waals surface area (Å²) in [6.07, 6.45) is 2.48. The van der Waals surface area contributed by atoms with Gasteiger partial charge in [-0.3, -0.25) is 4.79 Å². The maximum atomic E-state index is 12.5. The zero-order chi connectivity index (χ0) is 18.4. The van der Waals surface area contributed by atoms with Crippen molar-refractivity contribution in [3.63, 3.8) is 0 Å². The second kappa shape index (κ2) is 8.62.